The first-order valence-corrected chi connectivity index (χ1v) is 8.52. The minimum absolute atomic E-state index is 0.0649. The fourth-order valence-electron chi connectivity index (χ4n) is 2.30. The summed E-state index contributed by atoms with van der Waals surface area (Å²) in [6.07, 6.45) is 0. The lowest BCUT2D eigenvalue weighted by atomic mass is 10.2. The van der Waals surface area contributed by atoms with Crippen molar-refractivity contribution in [3.8, 4) is 11.5 Å². The number of nitro groups is 1. The average molecular weight is 360 g/mol. The fourth-order valence-corrected chi connectivity index (χ4v) is 3.19. The van der Waals surface area contributed by atoms with Crippen LogP contribution in [0.4, 0.5) is 11.4 Å². The number of rotatable bonds is 5. The molecule has 8 heteroatoms. The van der Waals surface area contributed by atoms with Gasteiger partial charge in [-0.15, -0.1) is 11.8 Å². The van der Waals surface area contributed by atoms with Crippen molar-refractivity contribution in [2.24, 2.45) is 0 Å². The number of nitrogens with one attached hydrogen (secondary N) is 1. The van der Waals surface area contributed by atoms with Gasteiger partial charge in [-0.2, -0.15) is 0 Å². The van der Waals surface area contributed by atoms with E-state index in [1.807, 2.05) is 18.2 Å². The first kappa shape index (κ1) is 17.1. The molecule has 0 saturated carbocycles. The van der Waals surface area contributed by atoms with Crippen molar-refractivity contribution >= 4 is 29.0 Å². The number of carbonyl (C=O) groups excluding carboxylic acids is 1. The Morgan fingerprint density at radius 3 is 2.72 bits per heavy atom. The van der Waals surface area contributed by atoms with Gasteiger partial charge in [0.15, 0.2) is 11.5 Å². The molecule has 25 heavy (non-hydrogen) atoms. The molecule has 0 aromatic heterocycles. The van der Waals surface area contributed by atoms with Crippen LogP contribution in [0.5, 0.6) is 11.5 Å². The number of ether oxygens (including phenoxy) is 2. The molecule has 2 aromatic rings. The Morgan fingerprint density at radius 2 is 1.96 bits per heavy atom. The minimum atomic E-state index is -0.497. The number of benzene rings is 2. The number of nitrogens with zero attached hydrogens (tertiary/aromatic N) is 1. The number of anilines is 1. The zero-order valence-corrected chi connectivity index (χ0v) is 14.2. The highest BCUT2D eigenvalue weighted by Crippen LogP contribution is 2.35. The van der Waals surface area contributed by atoms with Crippen LogP contribution in [0.2, 0.25) is 0 Å². The number of amides is 1. The van der Waals surface area contributed by atoms with E-state index in [1.54, 1.807) is 13.0 Å². The standard InChI is InChI=1S/C17H16N2O5S/c1-11(17(20)18-12-3-2-4-13(9-12)19(21)22)25-14-5-6-15-16(10-14)24-8-7-23-15/h2-6,9-11H,7-8H2,1H3,(H,18,20). The summed E-state index contributed by atoms with van der Waals surface area (Å²) in [5.74, 6) is 1.13. The second-order valence-electron chi connectivity index (χ2n) is 5.36. The van der Waals surface area contributed by atoms with E-state index in [0.29, 0.717) is 30.4 Å². The van der Waals surface area contributed by atoms with E-state index in [-0.39, 0.29) is 16.8 Å². The van der Waals surface area contributed by atoms with Crippen LogP contribution in [0.3, 0.4) is 0 Å². The second-order valence-corrected chi connectivity index (χ2v) is 6.78. The lowest BCUT2D eigenvalue weighted by Crippen LogP contribution is -2.22. The van der Waals surface area contributed by atoms with Gasteiger partial charge < -0.3 is 14.8 Å². The van der Waals surface area contributed by atoms with Gasteiger partial charge in [-0.3, -0.25) is 14.9 Å². The first-order valence-electron chi connectivity index (χ1n) is 7.64. The van der Waals surface area contributed by atoms with E-state index < -0.39 is 4.92 Å². The Balaban J connectivity index is 1.64. The predicted octanol–water partition coefficient (Wildman–Crippen LogP) is 3.49. The number of fused-ring (bicyclic) bond motifs is 1. The maximum atomic E-state index is 12.3. The number of hydrogen-bond donors (Lipinski definition) is 1. The highest BCUT2D eigenvalue weighted by atomic mass is 32.2. The van der Waals surface area contributed by atoms with Gasteiger partial charge in [0.2, 0.25) is 5.91 Å². The van der Waals surface area contributed by atoms with Gasteiger partial charge in [0.25, 0.3) is 5.69 Å². The average Bonchev–Trinajstić information content (AvgIpc) is 2.61. The number of thioether (sulfide) groups is 1. The molecule has 2 aromatic carbocycles. The van der Waals surface area contributed by atoms with Crippen LogP contribution in [-0.4, -0.2) is 29.3 Å². The molecule has 0 spiro atoms. The number of hydrogen-bond acceptors (Lipinski definition) is 6. The van der Waals surface area contributed by atoms with Crippen molar-refractivity contribution in [3.63, 3.8) is 0 Å². The first-order chi connectivity index (χ1) is 12.0. The van der Waals surface area contributed by atoms with Gasteiger partial charge >= 0.3 is 0 Å². The van der Waals surface area contributed by atoms with Crippen molar-refractivity contribution in [1.82, 2.24) is 0 Å². The summed E-state index contributed by atoms with van der Waals surface area (Å²) in [4.78, 5) is 23.5. The van der Waals surface area contributed by atoms with Crippen LogP contribution >= 0.6 is 11.8 Å². The molecule has 0 bridgehead atoms. The zero-order valence-electron chi connectivity index (χ0n) is 13.4. The lowest BCUT2D eigenvalue weighted by molar-refractivity contribution is -0.384. The SMILES string of the molecule is CC(Sc1ccc2c(c1)OCCO2)C(=O)Nc1cccc([N+](=O)[O-])c1. The summed E-state index contributed by atoms with van der Waals surface area (Å²) in [5.41, 5.74) is 0.332. The minimum Gasteiger partial charge on any atom is -0.486 e. The molecule has 1 heterocycles. The Bertz CT molecular complexity index is 811. The summed E-state index contributed by atoms with van der Waals surface area (Å²) in [7, 11) is 0. The molecule has 1 amide bonds. The Labute approximate surface area is 148 Å². The van der Waals surface area contributed by atoms with Crippen LogP contribution in [0, 0.1) is 10.1 Å². The molecule has 1 N–H and O–H groups in total. The molecule has 0 radical (unpaired) electrons. The van der Waals surface area contributed by atoms with Crippen molar-refractivity contribution in [2.45, 2.75) is 17.1 Å². The maximum absolute atomic E-state index is 12.3. The third-order valence-electron chi connectivity index (χ3n) is 3.52. The molecular formula is C17H16N2O5S. The van der Waals surface area contributed by atoms with Gasteiger partial charge in [0.05, 0.1) is 10.2 Å². The summed E-state index contributed by atoms with van der Waals surface area (Å²) < 4.78 is 11.0. The van der Waals surface area contributed by atoms with E-state index in [9.17, 15) is 14.9 Å². The predicted molar refractivity (Wildman–Crippen MR) is 94.5 cm³/mol. The van der Waals surface area contributed by atoms with Gasteiger partial charge in [-0.1, -0.05) is 6.07 Å². The van der Waals surface area contributed by atoms with Crippen molar-refractivity contribution < 1.29 is 19.2 Å². The second kappa shape index (κ2) is 7.43. The molecule has 0 aliphatic carbocycles. The monoisotopic (exact) mass is 360 g/mol. The molecule has 130 valence electrons. The highest BCUT2D eigenvalue weighted by Gasteiger charge is 2.18. The largest absolute Gasteiger partial charge is 0.486 e. The third kappa shape index (κ3) is 4.21. The summed E-state index contributed by atoms with van der Waals surface area (Å²) in [5, 5.41) is 13.1. The zero-order chi connectivity index (χ0) is 17.8. The van der Waals surface area contributed by atoms with Gasteiger partial charge in [0.1, 0.15) is 13.2 Å². The van der Waals surface area contributed by atoms with E-state index in [1.165, 1.54) is 30.0 Å². The highest BCUT2D eigenvalue weighted by molar-refractivity contribution is 8.00. The number of non-ortho nitro benzene ring substituents is 1. The molecule has 1 aliphatic heterocycles. The molecule has 1 atom stereocenters. The number of carbonyl (C=O) groups is 1. The van der Waals surface area contributed by atoms with Gasteiger partial charge in [-0.25, -0.2) is 0 Å². The van der Waals surface area contributed by atoms with Crippen LogP contribution in [0.15, 0.2) is 47.4 Å². The summed E-state index contributed by atoms with van der Waals surface area (Å²) >= 11 is 1.37. The molecule has 7 nitrogen and oxygen atoms in total. The fraction of sp³-hybridized carbons (Fsp3) is 0.235. The van der Waals surface area contributed by atoms with Gasteiger partial charge in [0, 0.05) is 22.7 Å². The van der Waals surface area contributed by atoms with E-state index in [4.69, 9.17) is 9.47 Å². The molecule has 1 aliphatic rings. The van der Waals surface area contributed by atoms with Crippen molar-refractivity contribution in [1.29, 1.82) is 0 Å². The van der Waals surface area contributed by atoms with Crippen LogP contribution in [0.25, 0.3) is 0 Å². The Kier molecular flexibility index (Phi) is 5.08. The third-order valence-corrected chi connectivity index (χ3v) is 4.61. The van der Waals surface area contributed by atoms with Crippen molar-refractivity contribution in [3.05, 3.63) is 52.6 Å². The van der Waals surface area contributed by atoms with E-state index >= 15 is 0 Å². The molecule has 1 unspecified atom stereocenters. The molecule has 0 saturated heterocycles. The van der Waals surface area contributed by atoms with Crippen LogP contribution in [-0.2, 0) is 4.79 Å². The molecular weight excluding hydrogens is 344 g/mol. The summed E-state index contributed by atoms with van der Waals surface area (Å²) in [6, 6.07) is 11.4. The Hall–Kier alpha value is -2.74. The van der Waals surface area contributed by atoms with Crippen LogP contribution in [0.1, 0.15) is 6.92 Å². The quantitative estimate of drug-likeness (QED) is 0.499. The normalized spacial score (nSPS) is 13.8. The maximum Gasteiger partial charge on any atom is 0.271 e. The molecule has 0 fully saturated rings. The van der Waals surface area contributed by atoms with Crippen LogP contribution < -0.4 is 14.8 Å². The van der Waals surface area contributed by atoms with E-state index in [2.05, 4.69) is 5.32 Å². The number of nitro benzene ring substituents is 1. The Morgan fingerprint density at radius 1 is 1.20 bits per heavy atom. The van der Waals surface area contributed by atoms with Crippen molar-refractivity contribution in [2.75, 3.05) is 18.5 Å². The van der Waals surface area contributed by atoms with E-state index in [0.717, 1.165) is 4.90 Å². The molecule has 3 rings (SSSR count). The van der Waals surface area contributed by atoms with Gasteiger partial charge in [-0.05, 0) is 31.2 Å². The summed E-state index contributed by atoms with van der Waals surface area (Å²) in [6.45, 7) is 2.81. The smallest absolute Gasteiger partial charge is 0.271 e. The topological polar surface area (TPSA) is 90.7 Å². The lowest BCUT2D eigenvalue weighted by Gasteiger charge is -2.19.